The summed E-state index contributed by atoms with van der Waals surface area (Å²) in [5, 5.41) is 2.92. The van der Waals surface area contributed by atoms with Gasteiger partial charge in [0.1, 0.15) is 10.6 Å². The Morgan fingerprint density at radius 1 is 1.31 bits per heavy atom. The zero-order valence-electron chi connectivity index (χ0n) is 16.3. The van der Waals surface area contributed by atoms with Crippen molar-refractivity contribution in [2.75, 3.05) is 21.2 Å². The number of hydrogen-bond donors (Lipinski definition) is 1. The maximum absolute atomic E-state index is 12.4. The molecule has 1 atom stereocenters. The largest absolute Gasteiger partial charge is 0.495 e. The topological polar surface area (TPSA) is 75.7 Å². The highest BCUT2D eigenvalue weighted by Crippen LogP contribution is 2.27. The van der Waals surface area contributed by atoms with Crippen molar-refractivity contribution in [1.82, 2.24) is 9.62 Å². The van der Waals surface area contributed by atoms with Crippen LogP contribution in [0.1, 0.15) is 45.1 Å². The lowest BCUT2D eigenvalue weighted by molar-refractivity contribution is -0.117. The van der Waals surface area contributed by atoms with Crippen LogP contribution in [0.15, 0.2) is 29.2 Å². The summed E-state index contributed by atoms with van der Waals surface area (Å²) in [4.78, 5) is 12.1. The minimum absolute atomic E-state index is 0.0699. The van der Waals surface area contributed by atoms with E-state index in [9.17, 15) is 13.2 Å². The number of sulfonamides is 1. The highest BCUT2D eigenvalue weighted by atomic mass is 32.2. The summed E-state index contributed by atoms with van der Waals surface area (Å²) in [7, 11) is 0.711. The second kappa shape index (κ2) is 10.3. The molecule has 1 rings (SSSR count). The number of carbonyl (C=O) groups excluding carboxylic acids is 1. The third-order valence-electron chi connectivity index (χ3n) is 4.00. The van der Waals surface area contributed by atoms with E-state index in [1.165, 1.54) is 33.3 Å². The molecule has 0 fully saturated rings. The van der Waals surface area contributed by atoms with Gasteiger partial charge in [-0.25, -0.2) is 12.7 Å². The van der Waals surface area contributed by atoms with Crippen LogP contribution < -0.4 is 10.1 Å². The molecule has 0 aliphatic carbocycles. The summed E-state index contributed by atoms with van der Waals surface area (Å²) in [5.41, 5.74) is 0.611. The lowest BCUT2D eigenvalue weighted by Gasteiger charge is -2.15. The molecule has 0 heterocycles. The minimum atomic E-state index is -3.64. The second-order valence-electron chi connectivity index (χ2n) is 6.44. The van der Waals surface area contributed by atoms with E-state index in [0.717, 1.165) is 30.0 Å². The summed E-state index contributed by atoms with van der Waals surface area (Å²) >= 11 is 0. The quantitative estimate of drug-likeness (QED) is 0.498. The number of ether oxygens (including phenoxy) is 1. The average Bonchev–Trinajstić information content (AvgIpc) is 2.59. The van der Waals surface area contributed by atoms with Gasteiger partial charge in [0.25, 0.3) is 0 Å². The van der Waals surface area contributed by atoms with Crippen LogP contribution >= 0.6 is 0 Å². The molecule has 0 aliphatic heterocycles. The zero-order chi connectivity index (χ0) is 19.7. The van der Waals surface area contributed by atoms with E-state index in [-0.39, 0.29) is 22.6 Å². The Kier molecular flexibility index (Phi) is 8.81. The number of methoxy groups -OCH3 is 1. The van der Waals surface area contributed by atoms with Gasteiger partial charge in [-0.1, -0.05) is 32.3 Å². The first-order chi connectivity index (χ1) is 12.2. The van der Waals surface area contributed by atoms with Gasteiger partial charge in [-0.2, -0.15) is 0 Å². The standard InChI is InChI=1S/C19H30N2O4S/c1-6-7-8-9-15(2)20-19(22)13-11-16-10-12-17(25-5)18(14-16)26(23,24)21(3)4/h10-15H,6-9H2,1-5H3,(H,20,22)/b13-11+. The van der Waals surface area contributed by atoms with E-state index in [0.29, 0.717) is 5.56 Å². The summed E-state index contributed by atoms with van der Waals surface area (Å²) < 4.78 is 31.1. The molecule has 146 valence electrons. The first-order valence-electron chi connectivity index (χ1n) is 8.81. The molecule has 7 heteroatoms. The third kappa shape index (κ3) is 6.46. The molecular formula is C19H30N2O4S. The maximum atomic E-state index is 12.4. The molecule has 0 radical (unpaired) electrons. The number of benzene rings is 1. The summed E-state index contributed by atoms with van der Waals surface area (Å²) in [5.74, 6) is 0.0756. The summed E-state index contributed by atoms with van der Waals surface area (Å²) in [6, 6.07) is 4.91. The van der Waals surface area contributed by atoms with Crippen molar-refractivity contribution in [2.24, 2.45) is 0 Å². The molecule has 6 nitrogen and oxygen atoms in total. The molecule has 0 saturated carbocycles. The molecule has 1 aromatic rings. The van der Waals surface area contributed by atoms with E-state index >= 15 is 0 Å². The van der Waals surface area contributed by atoms with Gasteiger partial charge in [-0.15, -0.1) is 0 Å². The average molecular weight is 383 g/mol. The van der Waals surface area contributed by atoms with Gasteiger partial charge >= 0.3 is 0 Å². The first kappa shape index (κ1) is 22.2. The van der Waals surface area contributed by atoms with Crippen LogP contribution in [0.3, 0.4) is 0 Å². The molecule has 0 aromatic heterocycles. The Morgan fingerprint density at radius 2 is 2.00 bits per heavy atom. The van der Waals surface area contributed by atoms with Crippen LogP contribution in [0.5, 0.6) is 5.75 Å². The number of hydrogen-bond acceptors (Lipinski definition) is 4. The van der Waals surface area contributed by atoms with Crippen molar-refractivity contribution in [3.05, 3.63) is 29.8 Å². The molecule has 0 bridgehead atoms. The van der Waals surface area contributed by atoms with Gasteiger partial charge in [-0.3, -0.25) is 4.79 Å². The normalized spacial score (nSPS) is 13.2. The fraction of sp³-hybridized carbons (Fsp3) is 0.526. The number of amides is 1. The Labute approximate surface area is 157 Å². The van der Waals surface area contributed by atoms with Crippen LogP contribution in [0, 0.1) is 0 Å². The van der Waals surface area contributed by atoms with Crippen molar-refractivity contribution >= 4 is 22.0 Å². The predicted molar refractivity (Wildman–Crippen MR) is 105 cm³/mol. The zero-order valence-corrected chi connectivity index (χ0v) is 17.1. The molecule has 0 saturated heterocycles. The van der Waals surface area contributed by atoms with E-state index in [1.807, 2.05) is 6.92 Å². The number of nitrogens with one attached hydrogen (secondary N) is 1. The fourth-order valence-electron chi connectivity index (χ4n) is 2.43. The van der Waals surface area contributed by atoms with E-state index in [1.54, 1.807) is 18.2 Å². The van der Waals surface area contributed by atoms with Crippen molar-refractivity contribution in [2.45, 2.75) is 50.5 Å². The summed E-state index contributed by atoms with van der Waals surface area (Å²) in [6.45, 7) is 4.13. The van der Waals surface area contributed by atoms with Gasteiger partial charge in [0.2, 0.25) is 15.9 Å². The smallest absolute Gasteiger partial charge is 0.246 e. The van der Waals surface area contributed by atoms with Crippen LogP contribution in [0.2, 0.25) is 0 Å². The Morgan fingerprint density at radius 3 is 2.58 bits per heavy atom. The van der Waals surface area contributed by atoms with Gasteiger partial charge in [-0.05, 0) is 37.1 Å². The molecule has 0 aliphatic rings. The van der Waals surface area contributed by atoms with Crippen molar-refractivity contribution in [3.8, 4) is 5.75 Å². The van der Waals surface area contributed by atoms with Gasteiger partial charge in [0.05, 0.1) is 7.11 Å². The lowest BCUT2D eigenvalue weighted by Crippen LogP contribution is -2.30. The van der Waals surface area contributed by atoms with Gasteiger partial charge in [0, 0.05) is 26.2 Å². The minimum Gasteiger partial charge on any atom is -0.495 e. The van der Waals surface area contributed by atoms with E-state index in [4.69, 9.17) is 4.74 Å². The number of carbonyl (C=O) groups is 1. The number of unbranched alkanes of at least 4 members (excludes halogenated alkanes) is 2. The van der Waals surface area contributed by atoms with Crippen LogP contribution in [-0.4, -0.2) is 45.9 Å². The van der Waals surface area contributed by atoms with Crippen LogP contribution in [0.25, 0.3) is 6.08 Å². The first-order valence-corrected chi connectivity index (χ1v) is 10.3. The molecule has 0 spiro atoms. The Hall–Kier alpha value is -1.86. The maximum Gasteiger partial charge on any atom is 0.246 e. The predicted octanol–water partition coefficient (Wildman–Crippen LogP) is 3.04. The number of nitrogens with zero attached hydrogens (tertiary/aromatic N) is 1. The van der Waals surface area contributed by atoms with Crippen molar-refractivity contribution < 1.29 is 17.9 Å². The molecule has 1 N–H and O–H groups in total. The highest BCUT2D eigenvalue weighted by molar-refractivity contribution is 7.89. The van der Waals surface area contributed by atoms with E-state index in [2.05, 4.69) is 12.2 Å². The Bertz CT molecular complexity index is 727. The highest BCUT2D eigenvalue weighted by Gasteiger charge is 2.22. The number of rotatable bonds is 10. The van der Waals surface area contributed by atoms with Crippen molar-refractivity contribution in [1.29, 1.82) is 0 Å². The SMILES string of the molecule is CCCCCC(C)NC(=O)/C=C/c1ccc(OC)c(S(=O)(=O)N(C)C)c1. The van der Waals surface area contributed by atoms with E-state index < -0.39 is 10.0 Å². The molecule has 1 unspecified atom stereocenters. The molecular weight excluding hydrogens is 352 g/mol. The van der Waals surface area contributed by atoms with Gasteiger partial charge < -0.3 is 10.1 Å². The van der Waals surface area contributed by atoms with Gasteiger partial charge in [0.15, 0.2) is 0 Å². The lowest BCUT2D eigenvalue weighted by atomic mass is 10.1. The summed E-state index contributed by atoms with van der Waals surface area (Å²) in [6.07, 6.45) is 7.36. The third-order valence-corrected chi connectivity index (χ3v) is 5.84. The molecule has 26 heavy (non-hydrogen) atoms. The van der Waals surface area contributed by atoms with Crippen LogP contribution in [0.4, 0.5) is 0 Å². The Balaban J connectivity index is 2.87. The monoisotopic (exact) mass is 382 g/mol. The fourth-order valence-corrected chi connectivity index (χ4v) is 3.51. The van der Waals surface area contributed by atoms with Crippen LogP contribution in [-0.2, 0) is 14.8 Å². The second-order valence-corrected chi connectivity index (χ2v) is 8.56. The van der Waals surface area contributed by atoms with Crippen molar-refractivity contribution in [3.63, 3.8) is 0 Å². The molecule has 1 amide bonds. The molecule has 1 aromatic carbocycles.